The zero-order valence-corrected chi connectivity index (χ0v) is 13.9. The first kappa shape index (κ1) is 16.9. The number of hydrogen-bond acceptors (Lipinski definition) is 5. The average Bonchev–Trinajstić information content (AvgIpc) is 2.58. The molecule has 1 aromatic heterocycles. The third-order valence-electron chi connectivity index (χ3n) is 3.41. The molecule has 0 unspecified atom stereocenters. The number of hydrogen-bond donors (Lipinski definition) is 1. The summed E-state index contributed by atoms with van der Waals surface area (Å²) in [6, 6.07) is 9.47. The first-order valence-corrected chi connectivity index (χ1v) is 7.61. The lowest BCUT2D eigenvalue weighted by Gasteiger charge is -2.16. The van der Waals surface area contributed by atoms with Crippen LogP contribution in [-0.2, 0) is 0 Å². The topological polar surface area (TPSA) is 61.4 Å². The molecule has 23 heavy (non-hydrogen) atoms. The Balaban J connectivity index is 1.92. The van der Waals surface area contributed by atoms with Crippen LogP contribution in [-0.4, -0.2) is 55.0 Å². The lowest BCUT2D eigenvalue weighted by molar-refractivity contribution is 0.0988. The van der Waals surface area contributed by atoms with Crippen molar-refractivity contribution in [1.29, 1.82) is 0 Å². The van der Waals surface area contributed by atoms with Crippen LogP contribution in [0.5, 0.6) is 0 Å². The molecule has 2 aromatic rings. The molecule has 1 amide bonds. The maximum atomic E-state index is 12.4. The van der Waals surface area contributed by atoms with E-state index in [4.69, 9.17) is 0 Å². The van der Waals surface area contributed by atoms with Crippen molar-refractivity contribution in [3.8, 4) is 0 Å². The zero-order chi connectivity index (χ0) is 16.7. The number of amides is 1. The maximum absolute atomic E-state index is 12.4. The quantitative estimate of drug-likeness (QED) is 0.793. The molecular weight excluding hydrogens is 290 g/mol. The summed E-state index contributed by atoms with van der Waals surface area (Å²) < 4.78 is 0. The van der Waals surface area contributed by atoms with Crippen molar-refractivity contribution < 1.29 is 4.79 Å². The van der Waals surface area contributed by atoms with E-state index in [0.29, 0.717) is 11.5 Å². The van der Waals surface area contributed by atoms with Gasteiger partial charge in [-0.15, -0.1) is 0 Å². The Kier molecular flexibility index (Phi) is 6.05. The van der Waals surface area contributed by atoms with Gasteiger partial charge in [0.2, 0.25) is 0 Å². The van der Waals surface area contributed by atoms with Gasteiger partial charge in [-0.3, -0.25) is 4.79 Å². The number of carbonyl (C=O) groups excluding carboxylic acids is 1. The molecule has 0 atom stereocenters. The molecule has 1 N–H and O–H groups in total. The zero-order valence-electron chi connectivity index (χ0n) is 13.9. The van der Waals surface area contributed by atoms with Gasteiger partial charge < -0.3 is 15.1 Å². The van der Waals surface area contributed by atoms with E-state index in [-0.39, 0.29) is 5.91 Å². The summed E-state index contributed by atoms with van der Waals surface area (Å²) in [5.74, 6) is 0.505. The van der Waals surface area contributed by atoms with Crippen molar-refractivity contribution in [3.63, 3.8) is 0 Å². The fraction of sp³-hybridized carbons (Fsp3) is 0.353. The predicted molar refractivity (Wildman–Crippen MR) is 92.9 cm³/mol. The number of nitrogens with one attached hydrogen (secondary N) is 1. The minimum atomic E-state index is -0.178. The normalized spacial score (nSPS) is 10.6. The van der Waals surface area contributed by atoms with E-state index in [1.165, 1.54) is 6.20 Å². The Morgan fingerprint density at radius 2 is 1.83 bits per heavy atom. The van der Waals surface area contributed by atoms with Crippen LogP contribution in [0.3, 0.4) is 0 Å². The van der Waals surface area contributed by atoms with Crippen LogP contribution in [0.1, 0.15) is 16.9 Å². The molecule has 0 bridgehead atoms. The smallest absolute Gasteiger partial charge is 0.278 e. The summed E-state index contributed by atoms with van der Waals surface area (Å²) in [5, 5.41) is 3.20. The minimum absolute atomic E-state index is 0.178. The van der Waals surface area contributed by atoms with Gasteiger partial charge in [-0.2, -0.15) is 0 Å². The second-order valence-corrected chi connectivity index (χ2v) is 5.57. The number of nitrogens with zero attached hydrogens (tertiary/aromatic N) is 4. The Morgan fingerprint density at radius 3 is 2.43 bits per heavy atom. The molecule has 0 aliphatic carbocycles. The highest BCUT2D eigenvalue weighted by molar-refractivity contribution is 6.04. The van der Waals surface area contributed by atoms with Gasteiger partial charge in [-0.05, 0) is 39.2 Å². The third kappa shape index (κ3) is 5.03. The van der Waals surface area contributed by atoms with E-state index in [1.54, 1.807) is 18.1 Å². The largest absolute Gasteiger partial charge is 0.369 e. The van der Waals surface area contributed by atoms with Crippen LogP contribution in [0.4, 0.5) is 11.5 Å². The summed E-state index contributed by atoms with van der Waals surface area (Å²) in [6.07, 6.45) is 4.13. The molecule has 0 fully saturated rings. The molecule has 122 valence electrons. The lowest BCUT2D eigenvalue weighted by atomic mass is 10.3. The molecule has 2 rings (SSSR count). The molecule has 0 saturated heterocycles. The van der Waals surface area contributed by atoms with E-state index in [9.17, 15) is 4.79 Å². The van der Waals surface area contributed by atoms with Gasteiger partial charge >= 0.3 is 0 Å². The van der Waals surface area contributed by atoms with E-state index in [1.807, 2.05) is 44.4 Å². The summed E-state index contributed by atoms with van der Waals surface area (Å²) in [6.45, 7) is 1.84. The van der Waals surface area contributed by atoms with Crippen molar-refractivity contribution in [2.75, 3.05) is 44.4 Å². The predicted octanol–water partition coefficient (Wildman–Crippen LogP) is 2.12. The van der Waals surface area contributed by atoms with Gasteiger partial charge in [-0.1, -0.05) is 18.2 Å². The SMILES string of the molecule is CN(C)CCCNc1cnc(C(=O)N(C)c2ccccc2)cn1. The van der Waals surface area contributed by atoms with Crippen LogP contribution in [0.25, 0.3) is 0 Å². The fourth-order valence-electron chi connectivity index (χ4n) is 2.08. The average molecular weight is 313 g/mol. The van der Waals surface area contributed by atoms with Crippen molar-refractivity contribution in [2.24, 2.45) is 0 Å². The highest BCUT2D eigenvalue weighted by Crippen LogP contribution is 2.13. The Labute approximate surface area is 137 Å². The minimum Gasteiger partial charge on any atom is -0.369 e. The van der Waals surface area contributed by atoms with E-state index in [2.05, 4.69) is 20.2 Å². The van der Waals surface area contributed by atoms with E-state index >= 15 is 0 Å². The highest BCUT2D eigenvalue weighted by atomic mass is 16.2. The van der Waals surface area contributed by atoms with Crippen LogP contribution in [0, 0.1) is 0 Å². The summed E-state index contributed by atoms with van der Waals surface area (Å²) in [7, 11) is 5.82. The second kappa shape index (κ2) is 8.24. The summed E-state index contributed by atoms with van der Waals surface area (Å²) in [5.41, 5.74) is 1.15. The van der Waals surface area contributed by atoms with Crippen molar-refractivity contribution >= 4 is 17.4 Å². The first-order chi connectivity index (χ1) is 11.1. The molecule has 1 aromatic carbocycles. The lowest BCUT2D eigenvalue weighted by Crippen LogP contribution is -2.27. The molecule has 0 spiro atoms. The van der Waals surface area contributed by atoms with Crippen LogP contribution in [0.2, 0.25) is 0 Å². The van der Waals surface area contributed by atoms with Crippen molar-refractivity contribution in [3.05, 3.63) is 48.4 Å². The van der Waals surface area contributed by atoms with Gasteiger partial charge in [0.05, 0.1) is 12.4 Å². The molecule has 6 nitrogen and oxygen atoms in total. The molecular formula is C17H23N5O. The fourth-order valence-corrected chi connectivity index (χ4v) is 2.08. The molecule has 0 radical (unpaired) electrons. The van der Waals surface area contributed by atoms with Crippen molar-refractivity contribution in [1.82, 2.24) is 14.9 Å². The number of anilines is 2. The number of benzene rings is 1. The first-order valence-electron chi connectivity index (χ1n) is 7.61. The number of carbonyl (C=O) groups is 1. The molecule has 0 aliphatic heterocycles. The summed E-state index contributed by atoms with van der Waals surface area (Å²) in [4.78, 5) is 24.6. The molecule has 0 aliphatic rings. The van der Waals surface area contributed by atoms with Crippen LogP contribution in [0.15, 0.2) is 42.7 Å². The van der Waals surface area contributed by atoms with Gasteiger partial charge in [0.1, 0.15) is 11.5 Å². The molecule has 6 heteroatoms. The van der Waals surface area contributed by atoms with Crippen LogP contribution >= 0.6 is 0 Å². The Hall–Kier alpha value is -2.47. The Bertz CT molecular complexity index is 613. The van der Waals surface area contributed by atoms with Gasteiger partial charge in [0, 0.05) is 19.3 Å². The highest BCUT2D eigenvalue weighted by Gasteiger charge is 2.14. The summed E-state index contributed by atoms with van der Waals surface area (Å²) >= 11 is 0. The van der Waals surface area contributed by atoms with Gasteiger partial charge in [-0.25, -0.2) is 9.97 Å². The standard InChI is InChI=1S/C17H23N5O/c1-21(2)11-7-10-18-16-13-19-15(12-20-16)17(23)22(3)14-8-5-4-6-9-14/h4-6,8-9,12-13H,7,10-11H2,1-3H3,(H,18,20). The molecule has 0 saturated carbocycles. The van der Waals surface area contributed by atoms with E-state index < -0.39 is 0 Å². The Morgan fingerprint density at radius 1 is 1.09 bits per heavy atom. The monoisotopic (exact) mass is 313 g/mol. The second-order valence-electron chi connectivity index (χ2n) is 5.57. The molecule has 1 heterocycles. The number of aromatic nitrogens is 2. The number of para-hydroxylation sites is 1. The van der Waals surface area contributed by atoms with Gasteiger partial charge in [0.25, 0.3) is 5.91 Å². The number of rotatable bonds is 7. The van der Waals surface area contributed by atoms with E-state index in [0.717, 1.165) is 25.2 Å². The maximum Gasteiger partial charge on any atom is 0.278 e. The van der Waals surface area contributed by atoms with Crippen molar-refractivity contribution in [2.45, 2.75) is 6.42 Å². The van der Waals surface area contributed by atoms with Crippen LogP contribution < -0.4 is 10.2 Å². The van der Waals surface area contributed by atoms with Gasteiger partial charge in [0.15, 0.2) is 0 Å². The third-order valence-corrected chi connectivity index (χ3v) is 3.41.